The number of aryl methyl sites for hydroxylation is 1. The third-order valence-corrected chi connectivity index (χ3v) is 4.38. The molecule has 0 atom stereocenters. The molecule has 2 aromatic carbocycles. The van der Waals surface area contributed by atoms with E-state index < -0.39 is 0 Å². The minimum atomic E-state index is 0.176. The Balaban J connectivity index is 1.87. The average molecular weight is 329 g/mol. The highest BCUT2D eigenvalue weighted by molar-refractivity contribution is 5.96. The van der Waals surface area contributed by atoms with Crippen molar-refractivity contribution in [1.29, 1.82) is 0 Å². The second-order valence-electron chi connectivity index (χ2n) is 5.96. The lowest BCUT2D eigenvalue weighted by Crippen LogP contribution is -2.28. The number of rotatable bonds is 2. The Labute approximate surface area is 144 Å². The number of benzene rings is 2. The van der Waals surface area contributed by atoms with Gasteiger partial charge in [0.25, 0.3) is 5.52 Å². The minimum Gasteiger partial charge on any atom is -0.506 e. The van der Waals surface area contributed by atoms with Crippen molar-refractivity contribution in [2.75, 3.05) is 0 Å². The van der Waals surface area contributed by atoms with Crippen molar-refractivity contribution in [3.8, 4) is 11.5 Å². The number of hydrogen-bond donors (Lipinski definition) is 2. The van der Waals surface area contributed by atoms with Gasteiger partial charge in [-0.1, -0.05) is 30.4 Å². The molecular weight excluding hydrogens is 312 g/mol. The smallest absolute Gasteiger partial charge is 0.255 e. The molecule has 0 fully saturated rings. The fraction of sp³-hybridized carbons (Fsp3) is 0.0476. The zero-order chi connectivity index (χ0) is 17.4. The van der Waals surface area contributed by atoms with Crippen LogP contribution in [0.3, 0.4) is 0 Å². The van der Waals surface area contributed by atoms with Crippen LogP contribution in [0.4, 0.5) is 0 Å². The lowest BCUT2D eigenvalue weighted by molar-refractivity contribution is -0.645. The van der Waals surface area contributed by atoms with Gasteiger partial charge in [0.2, 0.25) is 0 Å². The maximum Gasteiger partial charge on any atom is 0.255 e. The monoisotopic (exact) mass is 329 g/mol. The maximum atomic E-state index is 10.2. The lowest BCUT2D eigenvalue weighted by atomic mass is 10.0. The number of phenolic OH excluding ortho intramolecular Hbond substituents is 2. The SMILES string of the molecule is C[n+]1ccc(/C=C/c2ccc(O)c3ncccc23)c2cccc(O)c21. The van der Waals surface area contributed by atoms with E-state index in [0.29, 0.717) is 5.52 Å². The van der Waals surface area contributed by atoms with Crippen LogP contribution in [0.25, 0.3) is 34.0 Å². The Morgan fingerprint density at radius 2 is 1.60 bits per heavy atom. The molecule has 0 aliphatic heterocycles. The minimum absolute atomic E-state index is 0.176. The zero-order valence-electron chi connectivity index (χ0n) is 13.7. The Morgan fingerprint density at radius 3 is 2.44 bits per heavy atom. The summed E-state index contributed by atoms with van der Waals surface area (Å²) < 4.78 is 1.90. The number of aromatic hydroxyl groups is 2. The number of para-hydroxylation sites is 1. The number of nitrogens with zero attached hydrogens (tertiary/aromatic N) is 2. The summed E-state index contributed by atoms with van der Waals surface area (Å²) in [6.07, 6.45) is 7.62. The molecular formula is C21H17N2O2+. The highest BCUT2D eigenvalue weighted by atomic mass is 16.3. The lowest BCUT2D eigenvalue weighted by Gasteiger charge is -2.05. The quantitative estimate of drug-likeness (QED) is 0.550. The highest BCUT2D eigenvalue weighted by Crippen LogP contribution is 2.28. The molecule has 2 N–H and O–H groups in total. The maximum absolute atomic E-state index is 10.2. The molecule has 0 radical (unpaired) electrons. The molecule has 122 valence electrons. The molecule has 0 saturated heterocycles. The fourth-order valence-electron chi connectivity index (χ4n) is 3.14. The van der Waals surface area contributed by atoms with Gasteiger partial charge in [-0.3, -0.25) is 4.98 Å². The third-order valence-electron chi connectivity index (χ3n) is 4.38. The van der Waals surface area contributed by atoms with Gasteiger partial charge >= 0.3 is 0 Å². The summed E-state index contributed by atoms with van der Waals surface area (Å²) in [6, 6.07) is 14.9. The van der Waals surface area contributed by atoms with E-state index in [2.05, 4.69) is 4.98 Å². The van der Waals surface area contributed by atoms with Gasteiger partial charge in [0.05, 0.1) is 5.39 Å². The first-order valence-corrected chi connectivity index (χ1v) is 8.00. The van der Waals surface area contributed by atoms with Crippen LogP contribution in [0.2, 0.25) is 0 Å². The van der Waals surface area contributed by atoms with Crippen molar-refractivity contribution in [3.05, 3.63) is 72.1 Å². The van der Waals surface area contributed by atoms with E-state index in [9.17, 15) is 10.2 Å². The van der Waals surface area contributed by atoms with Crippen molar-refractivity contribution in [1.82, 2.24) is 4.98 Å². The molecule has 4 aromatic rings. The van der Waals surface area contributed by atoms with Gasteiger partial charge in [0, 0.05) is 17.6 Å². The van der Waals surface area contributed by atoms with Crippen LogP contribution >= 0.6 is 0 Å². The Hall–Kier alpha value is -3.40. The molecule has 4 heteroatoms. The number of pyridine rings is 2. The first kappa shape index (κ1) is 15.1. The van der Waals surface area contributed by atoms with Gasteiger partial charge in [-0.15, -0.1) is 0 Å². The van der Waals surface area contributed by atoms with E-state index in [1.807, 2.05) is 66.4 Å². The summed E-state index contributed by atoms with van der Waals surface area (Å²) >= 11 is 0. The predicted octanol–water partition coefficient (Wildman–Crippen LogP) is 3.79. The molecule has 0 amide bonds. The molecule has 0 aliphatic rings. The molecule has 0 saturated carbocycles. The molecule has 2 heterocycles. The topological polar surface area (TPSA) is 57.2 Å². The van der Waals surface area contributed by atoms with E-state index in [-0.39, 0.29) is 11.5 Å². The van der Waals surface area contributed by atoms with Crippen molar-refractivity contribution in [2.24, 2.45) is 7.05 Å². The number of fused-ring (bicyclic) bond motifs is 2. The fourth-order valence-corrected chi connectivity index (χ4v) is 3.14. The summed E-state index contributed by atoms with van der Waals surface area (Å²) in [5.74, 6) is 0.435. The Morgan fingerprint density at radius 1 is 0.840 bits per heavy atom. The summed E-state index contributed by atoms with van der Waals surface area (Å²) in [5.41, 5.74) is 3.37. The van der Waals surface area contributed by atoms with E-state index in [1.165, 1.54) is 0 Å². The van der Waals surface area contributed by atoms with Gasteiger partial charge in [-0.05, 0) is 35.4 Å². The molecule has 25 heavy (non-hydrogen) atoms. The summed E-state index contributed by atoms with van der Waals surface area (Å²) in [5, 5.41) is 22.0. The van der Waals surface area contributed by atoms with E-state index in [0.717, 1.165) is 27.4 Å². The van der Waals surface area contributed by atoms with Gasteiger partial charge in [0.15, 0.2) is 11.9 Å². The van der Waals surface area contributed by atoms with Crippen LogP contribution in [0, 0.1) is 0 Å². The van der Waals surface area contributed by atoms with Gasteiger partial charge < -0.3 is 10.2 Å². The van der Waals surface area contributed by atoms with Gasteiger partial charge in [-0.2, -0.15) is 4.57 Å². The van der Waals surface area contributed by atoms with Crippen LogP contribution in [0.1, 0.15) is 11.1 Å². The summed E-state index contributed by atoms with van der Waals surface area (Å²) in [6.45, 7) is 0. The normalized spacial score (nSPS) is 11.6. The molecule has 0 spiro atoms. The van der Waals surface area contributed by atoms with E-state index in [1.54, 1.807) is 18.3 Å². The van der Waals surface area contributed by atoms with Crippen molar-refractivity contribution in [3.63, 3.8) is 0 Å². The summed E-state index contributed by atoms with van der Waals surface area (Å²) in [4.78, 5) is 4.25. The van der Waals surface area contributed by atoms with E-state index in [4.69, 9.17) is 0 Å². The van der Waals surface area contributed by atoms with Gasteiger partial charge in [-0.25, -0.2) is 0 Å². The molecule has 4 nitrogen and oxygen atoms in total. The first-order valence-electron chi connectivity index (χ1n) is 8.00. The van der Waals surface area contributed by atoms with E-state index >= 15 is 0 Å². The predicted molar refractivity (Wildman–Crippen MR) is 99.1 cm³/mol. The number of aromatic nitrogens is 2. The van der Waals surface area contributed by atoms with Crippen molar-refractivity contribution in [2.45, 2.75) is 0 Å². The zero-order valence-corrected chi connectivity index (χ0v) is 13.7. The number of phenols is 2. The standard InChI is InChI=1S/C21H16N2O2/c1-23-13-11-15(17-4-2-6-19(25)21(17)23)8-7-14-9-10-18(24)20-16(14)5-3-12-22-20/h2-13,25H,1H3/p+1. The largest absolute Gasteiger partial charge is 0.506 e. The molecule has 0 aliphatic carbocycles. The van der Waals surface area contributed by atoms with Crippen LogP contribution in [0.5, 0.6) is 11.5 Å². The number of hydrogen-bond acceptors (Lipinski definition) is 3. The Kier molecular flexibility index (Phi) is 3.58. The summed E-state index contributed by atoms with van der Waals surface area (Å²) in [7, 11) is 1.91. The van der Waals surface area contributed by atoms with Crippen molar-refractivity contribution < 1.29 is 14.8 Å². The molecule has 0 unspecified atom stereocenters. The second kappa shape index (κ2) is 5.91. The van der Waals surface area contributed by atoms with Gasteiger partial charge in [0.1, 0.15) is 18.3 Å². The van der Waals surface area contributed by atoms with Crippen LogP contribution in [0.15, 0.2) is 60.9 Å². The molecule has 0 bridgehead atoms. The third kappa shape index (κ3) is 2.58. The molecule has 4 rings (SSSR count). The first-order chi connectivity index (χ1) is 12.1. The second-order valence-corrected chi connectivity index (χ2v) is 5.96. The Bertz CT molecular complexity index is 1130. The van der Waals surface area contributed by atoms with Crippen molar-refractivity contribution >= 4 is 34.0 Å². The van der Waals surface area contributed by atoms with Crippen LogP contribution in [-0.2, 0) is 7.05 Å². The molecule has 2 aromatic heterocycles. The average Bonchev–Trinajstić information content (AvgIpc) is 2.63. The highest BCUT2D eigenvalue weighted by Gasteiger charge is 2.12. The van der Waals surface area contributed by atoms with Crippen LogP contribution < -0.4 is 4.57 Å². The van der Waals surface area contributed by atoms with Crippen LogP contribution in [-0.4, -0.2) is 15.2 Å².